The molecule has 0 aromatic heterocycles. The summed E-state index contributed by atoms with van der Waals surface area (Å²) >= 11 is 0. The lowest BCUT2D eigenvalue weighted by molar-refractivity contribution is -0.114. The van der Waals surface area contributed by atoms with Gasteiger partial charge in [0.15, 0.2) is 0 Å². The molecule has 0 atom stereocenters. The largest absolute Gasteiger partial charge is 0.326 e. The average molecular weight is 187 g/mol. The van der Waals surface area contributed by atoms with Gasteiger partial charge >= 0.3 is 0 Å². The molecule has 1 aliphatic carbocycles. The Balaban J connectivity index is 2.46. The number of fused-ring (bicyclic) bond motifs is 1. The predicted molar refractivity (Wildman–Crippen MR) is 58.1 cm³/mol. The number of carbonyl (C=O) groups excluding carboxylic acids is 1. The predicted octanol–water partition coefficient (Wildman–Crippen LogP) is 2.60. The first-order valence-electron chi connectivity index (χ1n) is 4.75. The standard InChI is InChI=1S/C12H13NO/c1-8-6-7-10-4-3-5-11(12(8)10)13-9(2)14/h3-6H,7H2,1-2H3,(H,13,14). The summed E-state index contributed by atoms with van der Waals surface area (Å²) in [6.07, 6.45) is 3.17. The van der Waals surface area contributed by atoms with Crippen LogP contribution in [0.4, 0.5) is 5.69 Å². The van der Waals surface area contributed by atoms with Crippen LogP contribution >= 0.6 is 0 Å². The van der Waals surface area contributed by atoms with Crippen molar-refractivity contribution < 1.29 is 4.79 Å². The van der Waals surface area contributed by atoms with Gasteiger partial charge in [0.05, 0.1) is 0 Å². The maximum atomic E-state index is 11.0. The van der Waals surface area contributed by atoms with Crippen molar-refractivity contribution in [2.45, 2.75) is 20.3 Å². The quantitative estimate of drug-likeness (QED) is 0.719. The zero-order valence-corrected chi connectivity index (χ0v) is 8.42. The summed E-state index contributed by atoms with van der Waals surface area (Å²) in [5.74, 6) is -0.0156. The van der Waals surface area contributed by atoms with Gasteiger partial charge in [-0.15, -0.1) is 0 Å². The molecule has 2 rings (SSSR count). The molecule has 1 aromatic carbocycles. The van der Waals surface area contributed by atoms with Crippen LogP contribution in [0.1, 0.15) is 25.0 Å². The van der Waals surface area contributed by atoms with Crippen molar-refractivity contribution in [3.63, 3.8) is 0 Å². The van der Waals surface area contributed by atoms with E-state index in [4.69, 9.17) is 0 Å². The third-order valence-corrected chi connectivity index (χ3v) is 2.48. The minimum Gasteiger partial charge on any atom is -0.326 e. The van der Waals surface area contributed by atoms with E-state index in [2.05, 4.69) is 24.4 Å². The fraction of sp³-hybridized carbons (Fsp3) is 0.250. The molecule has 2 heteroatoms. The second-order valence-electron chi connectivity index (χ2n) is 3.61. The fourth-order valence-electron chi connectivity index (χ4n) is 1.89. The lowest BCUT2D eigenvalue weighted by atomic mass is 10.0. The topological polar surface area (TPSA) is 29.1 Å². The Morgan fingerprint density at radius 1 is 1.43 bits per heavy atom. The first-order valence-corrected chi connectivity index (χ1v) is 4.75. The Morgan fingerprint density at radius 3 is 2.93 bits per heavy atom. The van der Waals surface area contributed by atoms with Crippen LogP contribution in [0, 0.1) is 0 Å². The SMILES string of the molecule is CC(=O)Nc1cccc2c1C(C)=CC2. The maximum Gasteiger partial charge on any atom is 0.221 e. The summed E-state index contributed by atoms with van der Waals surface area (Å²) in [5, 5.41) is 2.86. The number of anilines is 1. The molecule has 1 aromatic rings. The molecule has 1 amide bonds. The first kappa shape index (κ1) is 9.00. The van der Waals surface area contributed by atoms with Crippen molar-refractivity contribution in [2.24, 2.45) is 0 Å². The molecule has 1 aliphatic rings. The van der Waals surface area contributed by atoms with Gasteiger partial charge in [-0.3, -0.25) is 4.79 Å². The molecule has 0 unspecified atom stereocenters. The van der Waals surface area contributed by atoms with Gasteiger partial charge < -0.3 is 5.32 Å². The number of nitrogens with one attached hydrogen (secondary N) is 1. The van der Waals surface area contributed by atoms with Gasteiger partial charge in [-0.2, -0.15) is 0 Å². The number of benzene rings is 1. The van der Waals surface area contributed by atoms with Gasteiger partial charge in [0.1, 0.15) is 0 Å². The van der Waals surface area contributed by atoms with Crippen LogP contribution in [-0.2, 0) is 11.2 Å². The summed E-state index contributed by atoms with van der Waals surface area (Å²) in [4.78, 5) is 11.0. The normalized spacial score (nSPS) is 13.4. The minimum absolute atomic E-state index is 0.0156. The number of hydrogen-bond acceptors (Lipinski definition) is 1. The summed E-state index contributed by atoms with van der Waals surface area (Å²) in [6.45, 7) is 3.62. The molecular formula is C12H13NO. The van der Waals surface area contributed by atoms with E-state index < -0.39 is 0 Å². The van der Waals surface area contributed by atoms with E-state index in [1.165, 1.54) is 23.6 Å². The lowest BCUT2D eigenvalue weighted by Crippen LogP contribution is -2.07. The van der Waals surface area contributed by atoms with Gasteiger partial charge in [0.2, 0.25) is 5.91 Å². The van der Waals surface area contributed by atoms with Gasteiger partial charge in [-0.1, -0.05) is 18.2 Å². The van der Waals surface area contributed by atoms with Crippen molar-refractivity contribution in [1.82, 2.24) is 0 Å². The number of allylic oxidation sites excluding steroid dienone is 2. The molecule has 0 saturated carbocycles. The molecule has 0 spiro atoms. The van der Waals surface area contributed by atoms with Gasteiger partial charge in [-0.05, 0) is 30.5 Å². The van der Waals surface area contributed by atoms with E-state index in [0.29, 0.717) is 0 Å². The monoisotopic (exact) mass is 187 g/mol. The van der Waals surface area contributed by atoms with Gasteiger partial charge in [-0.25, -0.2) is 0 Å². The number of hydrogen-bond donors (Lipinski definition) is 1. The molecule has 14 heavy (non-hydrogen) atoms. The van der Waals surface area contributed by atoms with Crippen molar-refractivity contribution in [3.8, 4) is 0 Å². The van der Waals surface area contributed by atoms with Crippen LogP contribution < -0.4 is 5.32 Å². The summed E-state index contributed by atoms with van der Waals surface area (Å²) in [7, 11) is 0. The van der Waals surface area contributed by atoms with Crippen LogP contribution in [0.15, 0.2) is 24.3 Å². The van der Waals surface area contributed by atoms with Gasteiger partial charge in [0.25, 0.3) is 0 Å². The second-order valence-corrected chi connectivity index (χ2v) is 3.61. The molecular weight excluding hydrogens is 174 g/mol. The zero-order valence-electron chi connectivity index (χ0n) is 8.42. The van der Waals surface area contributed by atoms with Crippen LogP contribution in [0.2, 0.25) is 0 Å². The molecule has 0 heterocycles. The Hall–Kier alpha value is -1.57. The maximum absolute atomic E-state index is 11.0. The molecule has 0 radical (unpaired) electrons. The highest BCUT2D eigenvalue weighted by Crippen LogP contribution is 2.33. The molecule has 1 N–H and O–H groups in total. The summed E-state index contributed by atoms with van der Waals surface area (Å²) in [5.41, 5.74) is 4.68. The van der Waals surface area contributed by atoms with Crippen molar-refractivity contribution in [2.75, 3.05) is 5.32 Å². The smallest absolute Gasteiger partial charge is 0.221 e. The minimum atomic E-state index is -0.0156. The van der Waals surface area contributed by atoms with Crippen molar-refractivity contribution in [3.05, 3.63) is 35.4 Å². The highest BCUT2D eigenvalue weighted by molar-refractivity contribution is 5.94. The van der Waals surface area contributed by atoms with Crippen LogP contribution in [0.25, 0.3) is 5.57 Å². The summed E-state index contributed by atoms with van der Waals surface area (Å²) in [6, 6.07) is 6.03. The van der Waals surface area contributed by atoms with E-state index in [1.807, 2.05) is 12.1 Å². The lowest BCUT2D eigenvalue weighted by Gasteiger charge is -2.09. The molecule has 2 nitrogen and oxygen atoms in total. The highest BCUT2D eigenvalue weighted by Gasteiger charge is 2.14. The first-order chi connectivity index (χ1) is 6.68. The highest BCUT2D eigenvalue weighted by atomic mass is 16.1. The molecule has 0 saturated heterocycles. The van der Waals surface area contributed by atoms with E-state index in [-0.39, 0.29) is 5.91 Å². The molecule has 0 bridgehead atoms. The van der Waals surface area contributed by atoms with E-state index in [1.54, 1.807) is 0 Å². The third-order valence-electron chi connectivity index (χ3n) is 2.48. The van der Waals surface area contributed by atoms with Gasteiger partial charge in [0, 0.05) is 18.2 Å². The summed E-state index contributed by atoms with van der Waals surface area (Å²) < 4.78 is 0. The Kier molecular flexibility index (Phi) is 2.12. The molecule has 72 valence electrons. The second kappa shape index (κ2) is 3.29. The number of amides is 1. The van der Waals surface area contributed by atoms with Crippen molar-refractivity contribution >= 4 is 17.2 Å². The number of carbonyl (C=O) groups is 1. The van der Waals surface area contributed by atoms with Crippen molar-refractivity contribution in [1.29, 1.82) is 0 Å². The Bertz CT molecular complexity index is 418. The van der Waals surface area contributed by atoms with Crippen LogP contribution in [0.3, 0.4) is 0 Å². The molecule has 0 aliphatic heterocycles. The number of rotatable bonds is 1. The van der Waals surface area contributed by atoms with Crippen LogP contribution in [-0.4, -0.2) is 5.91 Å². The van der Waals surface area contributed by atoms with Crippen LogP contribution in [0.5, 0.6) is 0 Å². The molecule has 0 fully saturated rings. The van der Waals surface area contributed by atoms with E-state index >= 15 is 0 Å². The third kappa shape index (κ3) is 1.43. The fourth-order valence-corrected chi connectivity index (χ4v) is 1.89. The Labute approximate surface area is 83.6 Å². The zero-order chi connectivity index (χ0) is 10.1. The Morgan fingerprint density at radius 2 is 2.21 bits per heavy atom. The average Bonchev–Trinajstić information content (AvgIpc) is 2.48. The van der Waals surface area contributed by atoms with E-state index in [0.717, 1.165) is 12.1 Å². The van der Waals surface area contributed by atoms with E-state index in [9.17, 15) is 4.79 Å².